The largest absolute Gasteiger partial charge is 0.368 e. The summed E-state index contributed by atoms with van der Waals surface area (Å²) in [7, 11) is 0. The van der Waals surface area contributed by atoms with E-state index in [4.69, 9.17) is 0 Å². The Morgan fingerprint density at radius 1 is 0.909 bits per heavy atom. The first kappa shape index (κ1) is 14.5. The van der Waals surface area contributed by atoms with Gasteiger partial charge in [0, 0.05) is 37.9 Å². The summed E-state index contributed by atoms with van der Waals surface area (Å²) in [6.45, 7) is 2.42. The molecule has 0 aromatic heterocycles. The van der Waals surface area contributed by atoms with E-state index in [1.807, 2.05) is 30.3 Å². The molecule has 5 heteroatoms. The van der Waals surface area contributed by atoms with Crippen LogP contribution >= 0.6 is 0 Å². The lowest BCUT2D eigenvalue weighted by atomic mass is 10.1. The maximum Gasteiger partial charge on any atom is 0.256 e. The number of hydrogen-bond acceptors (Lipinski definition) is 2. The SMILES string of the molecule is O=C(c1ccc(F)cc1F)N1CCN(c2ccccc2)CC1. The monoisotopic (exact) mass is 302 g/mol. The molecule has 0 aliphatic carbocycles. The van der Waals surface area contributed by atoms with Crippen molar-refractivity contribution in [2.24, 2.45) is 0 Å². The molecule has 3 rings (SSSR count). The van der Waals surface area contributed by atoms with Crippen LogP contribution < -0.4 is 4.90 Å². The minimum Gasteiger partial charge on any atom is -0.368 e. The number of benzene rings is 2. The average Bonchev–Trinajstić information content (AvgIpc) is 2.55. The van der Waals surface area contributed by atoms with Crippen LogP contribution in [0.2, 0.25) is 0 Å². The van der Waals surface area contributed by atoms with Crippen molar-refractivity contribution in [3.8, 4) is 0 Å². The summed E-state index contributed by atoms with van der Waals surface area (Å²) >= 11 is 0. The number of para-hydroxylation sites is 1. The molecule has 3 nitrogen and oxygen atoms in total. The molecule has 0 atom stereocenters. The molecule has 1 fully saturated rings. The zero-order valence-electron chi connectivity index (χ0n) is 12.0. The van der Waals surface area contributed by atoms with Crippen molar-refractivity contribution >= 4 is 11.6 Å². The van der Waals surface area contributed by atoms with Gasteiger partial charge in [0.25, 0.3) is 5.91 Å². The fraction of sp³-hybridized carbons (Fsp3) is 0.235. The maximum atomic E-state index is 13.7. The molecule has 2 aromatic carbocycles. The van der Waals surface area contributed by atoms with Crippen molar-refractivity contribution in [1.82, 2.24) is 4.90 Å². The van der Waals surface area contributed by atoms with Gasteiger partial charge in [0.2, 0.25) is 0 Å². The Balaban J connectivity index is 1.67. The summed E-state index contributed by atoms with van der Waals surface area (Å²) in [6.07, 6.45) is 0. The molecule has 0 bridgehead atoms. The van der Waals surface area contributed by atoms with Crippen molar-refractivity contribution in [3.05, 3.63) is 65.7 Å². The molecule has 1 heterocycles. The lowest BCUT2D eigenvalue weighted by Crippen LogP contribution is -2.49. The first-order chi connectivity index (χ1) is 10.6. The normalized spacial score (nSPS) is 15.0. The second-order valence-corrected chi connectivity index (χ2v) is 5.24. The molecule has 1 aliphatic heterocycles. The number of anilines is 1. The van der Waals surface area contributed by atoms with Crippen LogP contribution in [0.25, 0.3) is 0 Å². The van der Waals surface area contributed by atoms with Crippen LogP contribution in [0.4, 0.5) is 14.5 Å². The van der Waals surface area contributed by atoms with E-state index < -0.39 is 11.6 Å². The van der Waals surface area contributed by atoms with Gasteiger partial charge in [-0.25, -0.2) is 8.78 Å². The summed E-state index contributed by atoms with van der Waals surface area (Å²) in [6, 6.07) is 13.0. The first-order valence-corrected chi connectivity index (χ1v) is 7.19. The summed E-state index contributed by atoms with van der Waals surface area (Å²) in [4.78, 5) is 16.1. The summed E-state index contributed by atoms with van der Waals surface area (Å²) in [5.74, 6) is -1.87. The number of piperazine rings is 1. The summed E-state index contributed by atoms with van der Waals surface area (Å²) < 4.78 is 26.6. The van der Waals surface area contributed by atoms with Crippen molar-refractivity contribution in [3.63, 3.8) is 0 Å². The highest BCUT2D eigenvalue weighted by Gasteiger charge is 2.24. The molecule has 2 aromatic rings. The Labute approximate surface area is 127 Å². The Morgan fingerprint density at radius 2 is 1.59 bits per heavy atom. The number of amides is 1. The molecule has 0 saturated carbocycles. The van der Waals surface area contributed by atoms with Crippen LogP contribution in [0, 0.1) is 11.6 Å². The number of halogens is 2. The van der Waals surface area contributed by atoms with Gasteiger partial charge in [-0.2, -0.15) is 0 Å². The Morgan fingerprint density at radius 3 is 2.23 bits per heavy atom. The molecular formula is C17H16F2N2O. The van der Waals surface area contributed by atoms with Gasteiger partial charge in [0.15, 0.2) is 0 Å². The minimum atomic E-state index is -0.810. The maximum absolute atomic E-state index is 13.7. The van der Waals surface area contributed by atoms with E-state index in [0.717, 1.165) is 17.8 Å². The fourth-order valence-electron chi connectivity index (χ4n) is 2.64. The van der Waals surface area contributed by atoms with Crippen molar-refractivity contribution < 1.29 is 13.6 Å². The molecule has 1 amide bonds. The summed E-state index contributed by atoms with van der Waals surface area (Å²) in [5.41, 5.74) is 1.04. The van der Waals surface area contributed by atoms with Gasteiger partial charge in [-0.3, -0.25) is 4.79 Å². The Bertz CT molecular complexity index is 668. The average molecular weight is 302 g/mol. The van der Waals surface area contributed by atoms with Crippen LogP contribution in [-0.4, -0.2) is 37.0 Å². The van der Waals surface area contributed by atoms with E-state index in [1.165, 1.54) is 6.07 Å². The highest BCUT2D eigenvalue weighted by atomic mass is 19.1. The van der Waals surface area contributed by atoms with Gasteiger partial charge in [-0.05, 0) is 24.3 Å². The predicted molar refractivity (Wildman–Crippen MR) is 80.9 cm³/mol. The van der Waals surface area contributed by atoms with Crippen LogP contribution in [-0.2, 0) is 0 Å². The summed E-state index contributed by atoms with van der Waals surface area (Å²) in [5, 5.41) is 0. The number of nitrogens with zero attached hydrogens (tertiary/aromatic N) is 2. The second kappa shape index (κ2) is 6.13. The molecule has 22 heavy (non-hydrogen) atoms. The zero-order chi connectivity index (χ0) is 15.5. The molecular weight excluding hydrogens is 286 g/mol. The third-order valence-corrected chi connectivity index (χ3v) is 3.85. The highest BCUT2D eigenvalue weighted by molar-refractivity contribution is 5.94. The van der Waals surface area contributed by atoms with Crippen molar-refractivity contribution in [2.75, 3.05) is 31.1 Å². The number of hydrogen-bond donors (Lipinski definition) is 0. The smallest absolute Gasteiger partial charge is 0.256 e. The van der Waals surface area contributed by atoms with Gasteiger partial charge in [0.1, 0.15) is 11.6 Å². The fourth-order valence-corrected chi connectivity index (χ4v) is 2.64. The number of carbonyl (C=O) groups excluding carboxylic acids is 1. The predicted octanol–water partition coefficient (Wildman–Crippen LogP) is 2.93. The van der Waals surface area contributed by atoms with Crippen LogP contribution in [0.15, 0.2) is 48.5 Å². The Hall–Kier alpha value is -2.43. The molecule has 0 unspecified atom stereocenters. The van der Waals surface area contributed by atoms with E-state index >= 15 is 0 Å². The van der Waals surface area contributed by atoms with E-state index in [9.17, 15) is 13.6 Å². The van der Waals surface area contributed by atoms with Crippen LogP contribution in [0.3, 0.4) is 0 Å². The van der Waals surface area contributed by atoms with E-state index in [2.05, 4.69) is 4.90 Å². The third kappa shape index (κ3) is 2.93. The van der Waals surface area contributed by atoms with Gasteiger partial charge in [-0.1, -0.05) is 18.2 Å². The van der Waals surface area contributed by atoms with Crippen LogP contribution in [0.5, 0.6) is 0 Å². The number of rotatable bonds is 2. The number of carbonyl (C=O) groups is 1. The topological polar surface area (TPSA) is 23.6 Å². The standard InChI is InChI=1S/C17H16F2N2O/c18-13-6-7-15(16(19)12-13)17(22)21-10-8-20(9-11-21)14-4-2-1-3-5-14/h1-7,12H,8-11H2. The van der Waals surface area contributed by atoms with E-state index in [0.29, 0.717) is 26.2 Å². The van der Waals surface area contributed by atoms with Gasteiger partial charge >= 0.3 is 0 Å². The van der Waals surface area contributed by atoms with Crippen LogP contribution in [0.1, 0.15) is 10.4 Å². The molecule has 1 saturated heterocycles. The molecule has 114 valence electrons. The molecule has 0 spiro atoms. The van der Waals surface area contributed by atoms with E-state index in [-0.39, 0.29) is 11.5 Å². The first-order valence-electron chi connectivity index (χ1n) is 7.19. The van der Waals surface area contributed by atoms with E-state index in [1.54, 1.807) is 4.90 Å². The zero-order valence-corrected chi connectivity index (χ0v) is 12.0. The van der Waals surface area contributed by atoms with Gasteiger partial charge in [0.05, 0.1) is 5.56 Å². The molecule has 0 N–H and O–H groups in total. The second-order valence-electron chi connectivity index (χ2n) is 5.24. The molecule has 0 radical (unpaired) electrons. The lowest BCUT2D eigenvalue weighted by molar-refractivity contribution is 0.0742. The van der Waals surface area contributed by atoms with Crippen molar-refractivity contribution in [1.29, 1.82) is 0 Å². The van der Waals surface area contributed by atoms with Gasteiger partial charge < -0.3 is 9.80 Å². The third-order valence-electron chi connectivity index (χ3n) is 3.85. The lowest BCUT2D eigenvalue weighted by Gasteiger charge is -2.36. The quantitative estimate of drug-likeness (QED) is 0.851. The highest BCUT2D eigenvalue weighted by Crippen LogP contribution is 2.18. The Kier molecular flexibility index (Phi) is 4.04. The molecule has 1 aliphatic rings. The van der Waals surface area contributed by atoms with Crippen molar-refractivity contribution in [2.45, 2.75) is 0 Å². The minimum absolute atomic E-state index is 0.0745. The van der Waals surface area contributed by atoms with Gasteiger partial charge in [-0.15, -0.1) is 0 Å².